The zero-order chi connectivity index (χ0) is 13.5. The van der Waals surface area contributed by atoms with Gasteiger partial charge >= 0.3 is 0 Å². The molecule has 1 nitrogen and oxygen atoms in total. The van der Waals surface area contributed by atoms with Crippen molar-refractivity contribution in [1.82, 2.24) is 4.90 Å². The highest BCUT2D eigenvalue weighted by molar-refractivity contribution is 5.25. The van der Waals surface area contributed by atoms with Crippen LogP contribution in [-0.2, 0) is 6.42 Å². The maximum Gasteiger partial charge on any atom is -0.00130 e. The first kappa shape index (κ1) is 14.6. The number of rotatable bonds is 7. The molecule has 0 aliphatic carbocycles. The standard InChI is InChI=1S/C18H29N/c1-3-4-7-17-8-10-18(11-9-17)16(2)12-15-19-13-5-6-14-19/h8-11,16H,3-7,12-15H2,1-2H3. The van der Waals surface area contributed by atoms with Crippen molar-refractivity contribution >= 4 is 0 Å². The molecule has 0 N–H and O–H groups in total. The van der Waals surface area contributed by atoms with Crippen LogP contribution < -0.4 is 0 Å². The van der Waals surface area contributed by atoms with Gasteiger partial charge in [0.05, 0.1) is 0 Å². The van der Waals surface area contributed by atoms with E-state index in [0.717, 1.165) is 0 Å². The molecule has 2 rings (SSSR count). The topological polar surface area (TPSA) is 3.24 Å². The van der Waals surface area contributed by atoms with E-state index in [9.17, 15) is 0 Å². The third kappa shape index (κ3) is 4.65. The lowest BCUT2D eigenvalue weighted by atomic mass is 9.95. The lowest BCUT2D eigenvalue weighted by Crippen LogP contribution is -2.21. The molecule has 0 bridgehead atoms. The molecule has 1 heteroatoms. The van der Waals surface area contributed by atoms with Crippen LogP contribution >= 0.6 is 0 Å². The highest BCUT2D eigenvalue weighted by Gasteiger charge is 2.13. The molecule has 0 amide bonds. The normalized spacial score (nSPS) is 17.8. The lowest BCUT2D eigenvalue weighted by molar-refractivity contribution is 0.324. The van der Waals surface area contributed by atoms with Gasteiger partial charge in [-0.2, -0.15) is 0 Å². The molecule has 0 saturated carbocycles. The Kier molecular flexibility index (Phi) is 5.91. The smallest absolute Gasteiger partial charge is 0.00130 e. The zero-order valence-electron chi connectivity index (χ0n) is 12.7. The molecule has 19 heavy (non-hydrogen) atoms. The average molecular weight is 259 g/mol. The SMILES string of the molecule is CCCCc1ccc(C(C)CCN2CCCC2)cc1. The van der Waals surface area contributed by atoms with E-state index < -0.39 is 0 Å². The summed E-state index contributed by atoms with van der Waals surface area (Å²) in [5.74, 6) is 0.695. The number of hydrogen-bond donors (Lipinski definition) is 0. The molecule has 1 aliphatic rings. The summed E-state index contributed by atoms with van der Waals surface area (Å²) in [5.41, 5.74) is 3.01. The van der Waals surface area contributed by atoms with Crippen LogP contribution in [-0.4, -0.2) is 24.5 Å². The minimum absolute atomic E-state index is 0.695. The van der Waals surface area contributed by atoms with E-state index >= 15 is 0 Å². The number of hydrogen-bond acceptors (Lipinski definition) is 1. The van der Waals surface area contributed by atoms with Gasteiger partial charge in [-0.15, -0.1) is 0 Å². The van der Waals surface area contributed by atoms with Crippen LogP contribution in [0.15, 0.2) is 24.3 Å². The van der Waals surface area contributed by atoms with Crippen LogP contribution in [0.5, 0.6) is 0 Å². The van der Waals surface area contributed by atoms with Gasteiger partial charge in [0.1, 0.15) is 0 Å². The molecular formula is C18H29N. The number of likely N-dealkylation sites (tertiary alicyclic amines) is 1. The van der Waals surface area contributed by atoms with Gasteiger partial charge in [0.25, 0.3) is 0 Å². The predicted octanol–water partition coefficient (Wildman–Crippen LogP) is 4.62. The Bertz CT molecular complexity index is 348. The molecule has 0 aromatic heterocycles. The molecular weight excluding hydrogens is 230 g/mol. The predicted molar refractivity (Wildman–Crippen MR) is 83.8 cm³/mol. The fourth-order valence-electron chi connectivity index (χ4n) is 2.94. The van der Waals surface area contributed by atoms with Crippen molar-refractivity contribution in [3.05, 3.63) is 35.4 Å². The number of unbranched alkanes of at least 4 members (excludes halogenated alkanes) is 1. The lowest BCUT2D eigenvalue weighted by Gasteiger charge is -2.18. The summed E-state index contributed by atoms with van der Waals surface area (Å²) in [6, 6.07) is 9.36. The van der Waals surface area contributed by atoms with E-state index in [2.05, 4.69) is 43.0 Å². The second-order valence-corrected chi connectivity index (χ2v) is 6.08. The van der Waals surface area contributed by atoms with Crippen LogP contribution in [0.25, 0.3) is 0 Å². The van der Waals surface area contributed by atoms with E-state index in [-0.39, 0.29) is 0 Å². The number of benzene rings is 1. The molecule has 1 aromatic rings. The second-order valence-electron chi connectivity index (χ2n) is 6.08. The van der Waals surface area contributed by atoms with Gasteiger partial charge in [0.2, 0.25) is 0 Å². The maximum atomic E-state index is 2.62. The van der Waals surface area contributed by atoms with Crippen molar-refractivity contribution in [2.45, 2.75) is 58.3 Å². The molecule has 1 aromatic carbocycles. The Hall–Kier alpha value is -0.820. The summed E-state index contributed by atoms with van der Waals surface area (Å²) in [6.07, 6.45) is 7.94. The van der Waals surface area contributed by atoms with Crippen LogP contribution in [0, 0.1) is 0 Å². The highest BCUT2D eigenvalue weighted by Crippen LogP contribution is 2.21. The number of aryl methyl sites for hydroxylation is 1. The summed E-state index contributed by atoms with van der Waals surface area (Å²) >= 11 is 0. The van der Waals surface area contributed by atoms with E-state index in [1.54, 1.807) is 0 Å². The second kappa shape index (κ2) is 7.69. The van der Waals surface area contributed by atoms with E-state index in [4.69, 9.17) is 0 Å². The highest BCUT2D eigenvalue weighted by atomic mass is 15.1. The minimum atomic E-state index is 0.695. The van der Waals surface area contributed by atoms with Gasteiger partial charge in [-0.3, -0.25) is 0 Å². The maximum absolute atomic E-state index is 2.62. The Labute approximate surface area is 119 Å². The van der Waals surface area contributed by atoms with Gasteiger partial charge in [0, 0.05) is 0 Å². The molecule has 0 radical (unpaired) electrons. The van der Waals surface area contributed by atoms with Crippen molar-refractivity contribution in [1.29, 1.82) is 0 Å². The molecule has 1 heterocycles. The van der Waals surface area contributed by atoms with Crippen molar-refractivity contribution in [2.75, 3.05) is 19.6 Å². The van der Waals surface area contributed by atoms with Gasteiger partial charge in [-0.1, -0.05) is 44.5 Å². The molecule has 1 fully saturated rings. The molecule has 1 atom stereocenters. The summed E-state index contributed by atoms with van der Waals surface area (Å²) in [4.78, 5) is 2.62. The molecule has 1 saturated heterocycles. The zero-order valence-corrected chi connectivity index (χ0v) is 12.7. The van der Waals surface area contributed by atoms with Gasteiger partial charge < -0.3 is 4.90 Å². The van der Waals surface area contributed by atoms with E-state index in [1.165, 1.54) is 69.3 Å². The first-order chi connectivity index (χ1) is 9.29. The Balaban J connectivity index is 1.79. The third-order valence-corrected chi connectivity index (χ3v) is 4.44. The quantitative estimate of drug-likeness (QED) is 0.690. The van der Waals surface area contributed by atoms with Gasteiger partial charge in [-0.25, -0.2) is 0 Å². The largest absolute Gasteiger partial charge is 0.303 e. The number of nitrogens with zero attached hydrogens (tertiary/aromatic N) is 1. The van der Waals surface area contributed by atoms with Crippen LogP contribution in [0.1, 0.15) is 63.0 Å². The van der Waals surface area contributed by atoms with Gasteiger partial charge in [-0.05, 0) is 68.8 Å². The summed E-state index contributed by atoms with van der Waals surface area (Å²) in [5, 5.41) is 0. The first-order valence-corrected chi connectivity index (χ1v) is 8.10. The van der Waals surface area contributed by atoms with E-state index in [0.29, 0.717) is 5.92 Å². The fourth-order valence-corrected chi connectivity index (χ4v) is 2.94. The van der Waals surface area contributed by atoms with E-state index in [1.807, 2.05) is 0 Å². The van der Waals surface area contributed by atoms with Crippen molar-refractivity contribution in [2.24, 2.45) is 0 Å². The Morgan fingerprint density at radius 3 is 2.42 bits per heavy atom. The Morgan fingerprint density at radius 1 is 1.11 bits per heavy atom. The fraction of sp³-hybridized carbons (Fsp3) is 0.667. The monoisotopic (exact) mass is 259 g/mol. The molecule has 0 spiro atoms. The summed E-state index contributed by atoms with van der Waals surface area (Å²) < 4.78 is 0. The average Bonchev–Trinajstić information content (AvgIpc) is 2.96. The minimum Gasteiger partial charge on any atom is -0.303 e. The van der Waals surface area contributed by atoms with Crippen LogP contribution in [0.4, 0.5) is 0 Å². The Morgan fingerprint density at radius 2 is 1.79 bits per heavy atom. The van der Waals surface area contributed by atoms with Gasteiger partial charge in [0.15, 0.2) is 0 Å². The molecule has 1 aliphatic heterocycles. The van der Waals surface area contributed by atoms with Crippen molar-refractivity contribution in [3.63, 3.8) is 0 Å². The molecule has 106 valence electrons. The van der Waals surface area contributed by atoms with Crippen molar-refractivity contribution in [3.8, 4) is 0 Å². The molecule has 1 unspecified atom stereocenters. The van der Waals surface area contributed by atoms with Crippen LogP contribution in [0.2, 0.25) is 0 Å². The van der Waals surface area contributed by atoms with Crippen molar-refractivity contribution < 1.29 is 0 Å². The first-order valence-electron chi connectivity index (χ1n) is 8.10. The summed E-state index contributed by atoms with van der Waals surface area (Å²) in [7, 11) is 0. The summed E-state index contributed by atoms with van der Waals surface area (Å²) in [6.45, 7) is 8.55. The van der Waals surface area contributed by atoms with Crippen LogP contribution in [0.3, 0.4) is 0 Å². The third-order valence-electron chi connectivity index (χ3n) is 4.44.